The smallest absolute Gasteiger partial charge is 0.0409 e. The second-order valence-electron chi connectivity index (χ2n) is 4.29. The maximum Gasteiger partial charge on any atom is 0.0409 e. The van der Waals surface area contributed by atoms with Gasteiger partial charge in [-0.2, -0.15) is 0 Å². The van der Waals surface area contributed by atoms with Crippen molar-refractivity contribution >= 4 is 34.2 Å². The number of nitrogens with one attached hydrogen (secondary N) is 1. The third-order valence-electron chi connectivity index (χ3n) is 3.05. The van der Waals surface area contributed by atoms with Gasteiger partial charge in [-0.1, -0.05) is 25.4 Å². The van der Waals surface area contributed by atoms with Crippen LogP contribution in [0, 0.1) is 3.57 Å². The molecule has 102 valence electrons. The minimum atomic E-state index is 0.815. The quantitative estimate of drug-likeness (QED) is 0.545. The summed E-state index contributed by atoms with van der Waals surface area (Å²) in [5, 5.41) is 4.30. The fraction of sp³-hybridized carbons (Fsp3) is 0.571. The summed E-state index contributed by atoms with van der Waals surface area (Å²) in [6, 6.07) is 6.05. The summed E-state index contributed by atoms with van der Waals surface area (Å²) in [5.41, 5.74) is 1.28. The molecule has 0 radical (unpaired) electrons. The lowest BCUT2D eigenvalue weighted by Gasteiger charge is -2.17. The molecule has 1 aromatic carbocycles. The number of hydrogen-bond acceptors (Lipinski definition) is 2. The third kappa shape index (κ3) is 5.87. The largest absolute Gasteiger partial charge is 0.313 e. The van der Waals surface area contributed by atoms with Crippen LogP contribution in [0.1, 0.15) is 25.8 Å². The van der Waals surface area contributed by atoms with Gasteiger partial charge in [0.25, 0.3) is 0 Å². The zero-order valence-corrected chi connectivity index (χ0v) is 14.1. The molecule has 18 heavy (non-hydrogen) atoms. The van der Waals surface area contributed by atoms with E-state index in [-0.39, 0.29) is 0 Å². The second-order valence-corrected chi connectivity index (χ2v) is 5.89. The molecule has 0 aliphatic heterocycles. The molecule has 0 aromatic heterocycles. The maximum atomic E-state index is 6.00. The molecule has 0 aliphatic carbocycles. The van der Waals surface area contributed by atoms with Gasteiger partial charge in [0.15, 0.2) is 0 Å². The number of rotatable bonds is 8. The van der Waals surface area contributed by atoms with Crippen LogP contribution in [-0.4, -0.2) is 31.1 Å². The van der Waals surface area contributed by atoms with E-state index in [2.05, 4.69) is 52.7 Å². The average Bonchev–Trinajstić information content (AvgIpc) is 2.38. The molecule has 1 aromatic rings. The van der Waals surface area contributed by atoms with Crippen LogP contribution in [0.2, 0.25) is 5.02 Å². The van der Waals surface area contributed by atoms with E-state index in [1.165, 1.54) is 22.1 Å². The monoisotopic (exact) mass is 380 g/mol. The first-order valence-electron chi connectivity index (χ1n) is 6.54. The van der Waals surface area contributed by atoms with Crippen molar-refractivity contribution in [1.29, 1.82) is 0 Å². The average molecular weight is 381 g/mol. The van der Waals surface area contributed by atoms with E-state index >= 15 is 0 Å². The lowest BCUT2D eigenvalue weighted by Crippen LogP contribution is -2.27. The van der Waals surface area contributed by atoms with Crippen LogP contribution in [0.25, 0.3) is 0 Å². The van der Waals surface area contributed by atoms with Gasteiger partial charge >= 0.3 is 0 Å². The summed E-state index contributed by atoms with van der Waals surface area (Å²) >= 11 is 8.35. The van der Waals surface area contributed by atoms with E-state index in [0.717, 1.165) is 31.2 Å². The van der Waals surface area contributed by atoms with Crippen LogP contribution in [0.5, 0.6) is 0 Å². The molecule has 1 N–H and O–H groups in total. The Morgan fingerprint density at radius 1 is 1.28 bits per heavy atom. The lowest BCUT2D eigenvalue weighted by molar-refractivity contribution is 0.298. The van der Waals surface area contributed by atoms with E-state index in [1.807, 2.05) is 12.1 Å². The summed E-state index contributed by atoms with van der Waals surface area (Å²) in [6.07, 6.45) is 1.19. The minimum Gasteiger partial charge on any atom is -0.313 e. The van der Waals surface area contributed by atoms with Crippen LogP contribution >= 0.6 is 34.2 Å². The van der Waals surface area contributed by atoms with Gasteiger partial charge in [-0.3, -0.25) is 0 Å². The Hall–Kier alpha value is 0.160. The molecule has 4 heteroatoms. The SMILES string of the molecule is CCN(CC)CCCNCc1cc(Cl)ccc1I. The summed E-state index contributed by atoms with van der Waals surface area (Å²) in [4.78, 5) is 2.45. The normalized spacial score (nSPS) is 11.2. The molecule has 0 bridgehead atoms. The first-order chi connectivity index (χ1) is 8.67. The molecule has 0 fully saturated rings. The number of benzene rings is 1. The van der Waals surface area contributed by atoms with Gasteiger partial charge in [0.2, 0.25) is 0 Å². The van der Waals surface area contributed by atoms with Gasteiger partial charge in [-0.15, -0.1) is 0 Å². The van der Waals surface area contributed by atoms with Gasteiger partial charge in [0.1, 0.15) is 0 Å². The highest BCUT2D eigenvalue weighted by molar-refractivity contribution is 14.1. The minimum absolute atomic E-state index is 0.815. The summed E-state index contributed by atoms with van der Waals surface area (Å²) in [5.74, 6) is 0. The van der Waals surface area contributed by atoms with E-state index < -0.39 is 0 Å². The maximum absolute atomic E-state index is 6.00. The Bertz CT molecular complexity index is 354. The van der Waals surface area contributed by atoms with Crippen molar-refractivity contribution in [3.8, 4) is 0 Å². The van der Waals surface area contributed by atoms with Crippen molar-refractivity contribution in [3.05, 3.63) is 32.4 Å². The van der Waals surface area contributed by atoms with Crippen molar-refractivity contribution in [2.24, 2.45) is 0 Å². The van der Waals surface area contributed by atoms with Crippen molar-refractivity contribution in [2.75, 3.05) is 26.2 Å². The predicted octanol–water partition coefficient (Wildman–Crippen LogP) is 3.77. The first-order valence-corrected chi connectivity index (χ1v) is 8.00. The molecule has 1 rings (SSSR count). The summed E-state index contributed by atoms with van der Waals surface area (Å²) in [7, 11) is 0. The van der Waals surface area contributed by atoms with E-state index in [0.29, 0.717) is 0 Å². The Kier molecular flexibility index (Phi) is 8.22. The molecule has 2 nitrogen and oxygen atoms in total. The second kappa shape index (κ2) is 9.13. The molecule has 0 amide bonds. The van der Waals surface area contributed by atoms with Crippen molar-refractivity contribution < 1.29 is 0 Å². The van der Waals surface area contributed by atoms with Gasteiger partial charge in [-0.05, 0) is 79.0 Å². The van der Waals surface area contributed by atoms with Gasteiger partial charge in [0, 0.05) is 15.1 Å². The van der Waals surface area contributed by atoms with Gasteiger partial charge in [0.05, 0.1) is 0 Å². The molecule has 0 aliphatic rings. The Balaban J connectivity index is 2.23. The highest BCUT2D eigenvalue weighted by Crippen LogP contribution is 2.17. The fourth-order valence-electron chi connectivity index (χ4n) is 1.87. The van der Waals surface area contributed by atoms with Crippen LogP contribution in [0.3, 0.4) is 0 Å². The molecule has 0 saturated carbocycles. The molecule has 0 unspecified atom stereocenters. The van der Waals surface area contributed by atoms with E-state index in [9.17, 15) is 0 Å². The molecule has 0 heterocycles. The zero-order valence-electron chi connectivity index (χ0n) is 11.2. The fourth-order valence-corrected chi connectivity index (χ4v) is 2.59. The first kappa shape index (κ1) is 16.2. The number of halogens is 2. The molecule has 0 saturated heterocycles. The van der Waals surface area contributed by atoms with Gasteiger partial charge < -0.3 is 10.2 Å². The summed E-state index contributed by atoms with van der Waals surface area (Å²) < 4.78 is 1.27. The lowest BCUT2D eigenvalue weighted by atomic mass is 10.2. The van der Waals surface area contributed by atoms with Crippen molar-refractivity contribution in [1.82, 2.24) is 10.2 Å². The standard InChI is InChI=1S/C14H22ClIN2/c1-3-18(4-2)9-5-8-17-11-12-10-13(15)6-7-14(12)16/h6-7,10,17H,3-5,8-9,11H2,1-2H3. The molecular formula is C14H22ClIN2. The number of hydrogen-bond donors (Lipinski definition) is 1. The van der Waals surface area contributed by atoms with Crippen LogP contribution in [-0.2, 0) is 6.54 Å². The Morgan fingerprint density at radius 2 is 2.00 bits per heavy atom. The molecule has 0 atom stereocenters. The Labute approximate surface area is 129 Å². The van der Waals surface area contributed by atoms with Crippen molar-refractivity contribution in [3.63, 3.8) is 0 Å². The van der Waals surface area contributed by atoms with Gasteiger partial charge in [-0.25, -0.2) is 0 Å². The third-order valence-corrected chi connectivity index (χ3v) is 4.33. The van der Waals surface area contributed by atoms with Crippen LogP contribution in [0.4, 0.5) is 0 Å². The summed E-state index contributed by atoms with van der Waals surface area (Å²) in [6.45, 7) is 9.84. The van der Waals surface area contributed by atoms with E-state index in [1.54, 1.807) is 0 Å². The highest BCUT2D eigenvalue weighted by atomic mass is 127. The Morgan fingerprint density at radius 3 is 2.67 bits per heavy atom. The zero-order chi connectivity index (χ0) is 13.4. The number of nitrogens with zero attached hydrogens (tertiary/aromatic N) is 1. The van der Waals surface area contributed by atoms with E-state index in [4.69, 9.17) is 11.6 Å². The highest BCUT2D eigenvalue weighted by Gasteiger charge is 2.01. The topological polar surface area (TPSA) is 15.3 Å². The molecular weight excluding hydrogens is 359 g/mol. The van der Waals surface area contributed by atoms with Crippen LogP contribution < -0.4 is 5.32 Å². The van der Waals surface area contributed by atoms with Crippen molar-refractivity contribution in [2.45, 2.75) is 26.8 Å². The predicted molar refractivity (Wildman–Crippen MR) is 88.3 cm³/mol. The molecule has 0 spiro atoms. The van der Waals surface area contributed by atoms with Crippen LogP contribution in [0.15, 0.2) is 18.2 Å².